The fraction of sp³-hybridized carbons (Fsp3) is 0.324. The predicted molar refractivity (Wildman–Crippen MR) is 181 cm³/mol. The van der Waals surface area contributed by atoms with Gasteiger partial charge in [-0.3, -0.25) is 14.4 Å². The number of benzene rings is 3. The lowest BCUT2D eigenvalue weighted by Gasteiger charge is -2.39. The molecule has 4 heterocycles. The van der Waals surface area contributed by atoms with Crippen molar-refractivity contribution in [2.24, 2.45) is 11.8 Å². The molecule has 0 radical (unpaired) electrons. The summed E-state index contributed by atoms with van der Waals surface area (Å²) in [7, 11) is 0. The second kappa shape index (κ2) is 12.4. The minimum atomic E-state index is -1.01. The molecule has 9 heteroatoms. The number of halogens is 1. The van der Waals surface area contributed by atoms with Crippen LogP contribution in [-0.2, 0) is 27.3 Å². The number of thioether (sulfide) groups is 1. The summed E-state index contributed by atoms with van der Waals surface area (Å²) in [5.74, 6) is -2.05. The molecule has 1 N–H and O–H groups in total. The third-order valence-corrected chi connectivity index (χ3v) is 11.8. The van der Waals surface area contributed by atoms with Crippen molar-refractivity contribution in [1.82, 2.24) is 9.80 Å². The number of nitrogens with zero attached hydrogens (tertiary/aromatic N) is 3. The number of carbonyl (C=O) groups is 3. The van der Waals surface area contributed by atoms with Crippen LogP contribution in [0.25, 0.3) is 0 Å². The maximum Gasteiger partial charge on any atom is 0.251 e. The topological polar surface area (TPSA) is 81.2 Å². The molecule has 4 aliphatic heterocycles. The predicted octanol–water partition coefficient (Wildman–Crippen LogP) is 5.05. The van der Waals surface area contributed by atoms with Gasteiger partial charge in [0.15, 0.2) is 0 Å². The molecular weight excluding hydrogens is 618 g/mol. The Morgan fingerprint density at radius 2 is 1.61 bits per heavy atom. The first-order chi connectivity index (χ1) is 22.3. The first-order valence-electron chi connectivity index (χ1n) is 15.7. The van der Waals surface area contributed by atoms with Gasteiger partial charge in [0.05, 0.1) is 39.9 Å². The van der Waals surface area contributed by atoms with Crippen LogP contribution in [0, 0.1) is 18.8 Å². The molecule has 2 fully saturated rings. The number of rotatable bonds is 7. The van der Waals surface area contributed by atoms with Gasteiger partial charge < -0.3 is 19.8 Å². The normalized spacial score (nSPS) is 27.7. The molecule has 3 amide bonds. The van der Waals surface area contributed by atoms with Crippen LogP contribution in [0.3, 0.4) is 0 Å². The summed E-state index contributed by atoms with van der Waals surface area (Å²) in [6.45, 7) is 2.75. The molecule has 0 bridgehead atoms. The summed E-state index contributed by atoms with van der Waals surface area (Å²) in [5, 5.41) is 11.0. The van der Waals surface area contributed by atoms with Crippen LogP contribution < -0.4 is 4.90 Å². The van der Waals surface area contributed by atoms with E-state index in [0.29, 0.717) is 30.2 Å². The maximum absolute atomic E-state index is 15.0. The first-order valence-corrected chi connectivity index (χ1v) is 17.0. The number of aliphatic hydroxyl groups is 1. The van der Waals surface area contributed by atoms with E-state index >= 15 is 0 Å². The van der Waals surface area contributed by atoms with Crippen LogP contribution in [0.2, 0.25) is 5.02 Å². The maximum atomic E-state index is 15.0. The monoisotopic (exact) mass is 653 g/mol. The molecule has 4 aliphatic rings. The average Bonchev–Trinajstić information content (AvgIpc) is 3.39. The van der Waals surface area contributed by atoms with Gasteiger partial charge in [-0.1, -0.05) is 109 Å². The summed E-state index contributed by atoms with van der Waals surface area (Å²) in [6, 6.07) is 23.5. The Morgan fingerprint density at radius 3 is 2.30 bits per heavy atom. The van der Waals surface area contributed by atoms with Crippen LogP contribution in [-0.4, -0.2) is 74.4 Å². The zero-order valence-corrected chi connectivity index (χ0v) is 27.1. The number of fused-ring (bicyclic) bond motifs is 2. The van der Waals surface area contributed by atoms with E-state index in [2.05, 4.69) is 0 Å². The molecule has 1 unspecified atom stereocenters. The lowest BCUT2D eigenvalue weighted by atomic mass is 9.78. The van der Waals surface area contributed by atoms with Crippen LogP contribution in [0.5, 0.6) is 0 Å². The van der Waals surface area contributed by atoms with Crippen molar-refractivity contribution in [3.05, 3.63) is 125 Å². The molecule has 0 aromatic heterocycles. The highest BCUT2D eigenvalue weighted by Crippen LogP contribution is 2.61. The molecular formula is C37H36ClN3O4S. The van der Waals surface area contributed by atoms with Gasteiger partial charge in [0.25, 0.3) is 5.91 Å². The molecule has 2 saturated heterocycles. The average molecular weight is 654 g/mol. The fourth-order valence-corrected chi connectivity index (χ4v) is 10.1. The van der Waals surface area contributed by atoms with Gasteiger partial charge in [-0.15, -0.1) is 11.8 Å². The molecule has 236 valence electrons. The minimum Gasteiger partial charge on any atom is -0.394 e. The molecule has 1 spiro atoms. The lowest BCUT2D eigenvalue weighted by molar-refractivity contribution is -0.144. The summed E-state index contributed by atoms with van der Waals surface area (Å²) in [6.07, 6.45) is 8.39. The highest BCUT2D eigenvalue weighted by molar-refractivity contribution is 8.02. The molecule has 6 atom stereocenters. The Labute approximate surface area is 278 Å². The van der Waals surface area contributed by atoms with Gasteiger partial charge in [-0.2, -0.15) is 0 Å². The van der Waals surface area contributed by atoms with E-state index < -0.39 is 28.7 Å². The second-order valence-electron chi connectivity index (χ2n) is 12.5. The number of hydrogen-bond donors (Lipinski definition) is 1. The molecule has 3 aromatic rings. The van der Waals surface area contributed by atoms with E-state index in [1.165, 1.54) is 0 Å². The van der Waals surface area contributed by atoms with Gasteiger partial charge >= 0.3 is 0 Å². The quantitative estimate of drug-likeness (QED) is 0.361. The smallest absolute Gasteiger partial charge is 0.251 e. The van der Waals surface area contributed by atoms with Crippen LogP contribution in [0.1, 0.15) is 16.7 Å². The standard InChI is InChI=1S/C37H36ClN3O4S/c1-24-11-8-16-28(38)32(24)40-20-10-18-37-31(30-29(46-37)17-9-19-39(34(30)43)22-26-14-6-3-7-15-26)35(44)41(33(37)36(40)45)27(23-42)21-25-12-4-2-5-13-25/h2-18,27,29-31,33,42H,19-23H2,1H3/t27-,29-,30+,31+,33?,37+/m1/s1. The number of likely N-dealkylation sites (tertiary alicyclic amines) is 1. The van der Waals surface area contributed by atoms with Crippen molar-refractivity contribution < 1.29 is 19.5 Å². The summed E-state index contributed by atoms with van der Waals surface area (Å²) in [5.41, 5.74) is 3.42. The first kappa shape index (κ1) is 30.8. The Morgan fingerprint density at radius 1 is 0.891 bits per heavy atom. The van der Waals surface area contributed by atoms with E-state index in [1.807, 2.05) is 109 Å². The SMILES string of the molecule is Cc1cccc(Cl)c1N1CC=C[C@]23S[C@@H]4C=CCN(Cc5ccccc5)C(=O)[C@@H]4[C@H]2C(=O)N([C@@H](CO)Cc2ccccc2)C3C1=O. The Balaban J connectivity index is 1.33. The zero-order chi connectivity index (χ0) is 32.0. The molecule has 46 heavy (non-hydrogen) atoms. The fourth-order valence-electron chi connectivity index (χ4n) is 7.77. The van der Waals surface area contributed by atoms with Crippen molar-refractivity contribution in [2.75, 3.05) is 24.6 Å². The highest BCUT2D eigenvalue weighted by Gasteiger charge is 2.71. The van der Waals surface area contributed by atoms with Crippen LogP contribution in [0.15, 0.2) is 103 Å². The second-order valence-corrected chi connectivity index (χ2v) is 14.4. The zero-order valence-electron chi connectivity index (χ0n) is 25.5. The van der Waals surface area contributed by atoms with Gasteiger partial charge in [0, 0.05) is 24.9 Å². The van der Waals surface area contributed by atoms with E-state index in [0.717, 1.165) is 16.7 Å². The molecule has 3 aromatic carbocycles. The number of hydrogen-bond acceptors (Lipinski definition) is 5. The minimum absolute atomic E-state index is 0.0883. The van der Waals surface area contributed by atoms with Crippen molar-refractivity contribution in [3.8, 4) is 0 Å². The molecule has 0 saturated carbocycles. The number of aryl methyl sites for hydroxylation is 1. The van der Waals surface area contributed by atoms with Gasteiger partial charge in [0.1, 0.15) is 6.04 Å². The van der Waals surface area contributed by atoms with Crippen LogP contribution >= 0.6 is 23.4 Å². The van der Waals surface area contributed by atoms with E-state index in [-0.39, 0.29) is 36.1 Å². The Bertz CT molecular complexity index is 1700. The van der Waals surface area contributed by atoms with Crippen molar-refractivity contribution in [2.45, 2.75) is 42.0 Å². The lowest BCUT2D eigenvalue weighted by Crippen LogP contribution is -2.57. The number of para-hydroxylation sites is 1. The number of carbonyl (C=O) groups excluding carboxylic acids is 3. The third-order valence-electron chi connectivity index (χ3n) is 9.77. The Hall–Kier alpha value is -3.85. The molecule has 7 nitrogen and oxygen atoms in total. The van der Waals surface area contributed by atoms with E-state index in [4.69, 9.17) is 11.6 Å². The van der Waals surface area contributed by atoms with Gasteiger partial charge in [0.2, 0.25) is 11.8 Å². The number of amides is 3. The van der Waals surface area contributed by atoms with E-state index in [1.54, 1.807) is 27.6 Å². The highest BCUT2D eigenvalue weighted by atomic mass is 35.5. The number of aliphatic hydroxyl groups excluding tert-OH is 1. The summed E-state index contributed by atoms with van der Waals surface area (Å²) >= 11 is 8.25. The summed E-state index contributed by atoms with van der Waals surface area (Å²) < 4.78 is -1.01. The van der Waals surface area contributed by atoms with E-state index in [9.17, 15) is 19.5 Å². The number of anilines is 1. The molecule has 7 rings (SSSR count). The Kier molecular flexibility index (Phi) is 8.30. The van der Waals surface area contributed by atoms with Crippen molar-refractivity contribution in [1.29, 1.82) is 0 Å². The third kappa shape index (κ3) is 5.07. The summed E-state index contributed by atoms with van der Waals surface area (Å²) in [4.78, 5) is 49.5. The van der Waals surface area contributed by atoms with Gasteiger partial charge in [-0.25, -0.2) is 0 Å². The van der Waals surface area contributed by atoms with Crippen molar-refractivity contribution >= 4 is 46.8 Å². The largest absolute Gasteiger partial charge is 0.394 e. The van der Waals surface area contributed by atoms with Gasteiger partial charge in [-0.05, 0) is 36.1 Å². The van der Waals surface area contributed by atoms with Crippen LogP contribution in [0.4, 0.5) is 5.69 Å². The molecule has 0 aliphatic carbocycles. The van der Waals surface area contributed by atoms with Crippen molar-refractivity contribution in [3.63, 3.8) is 0 Å².